The number of rotatable bonds is 5. The third-order valence-corrected chi connectivity index (χ3v) is 3.85. The summed E-state index contributed by atoms with van der Waals surface area (Å²) in [5.41, 5.74) is 0.475. The van der Waals surface area contributed by atoms with Gasteiger partial charge in [0.1, 0.15) is 5.82 Å². The average molecular weight is 317 g/mol. The van der Waals surface area contributed by atoms with E-state index in [2.05, 4.69) is 10.6 Å². The van der Waals surface area contributed by atoms with Crippen molar-refractivity contribution < 1.29 is 13.9 Å². The van der Waals surface area contributed by atoms with E-state index in [1.54, 1.807) is 7.11 Å². The molecule has 2 N–H and O–H groups in total. The van der Waals surface area contributed by atoms with E-state index in [-0.39, 0.29) is 29.5 Å². The van der Waals surface area contributed by atoms with Gasteiger partial charge in [-0.25, -0.2) is 4.39 Å². The Bertz CT molecular complexity index is 442. The van der Waals surface area contributed by atoms with Crippen LogP contribution in [0.2, 0.25) is 0 Å². The van der Waals surface area contributed by atoms with Crippen LogP contribution in [0.15, 0.2) is 24.3 Å². The Labute approximate surface area is 130 Å². The van der Waals surface area contributed by atoms with Crippen molar-refractivity contribution in [2.24, 2.45) is 5.41 Å². The molecule has 1 amide bonds. The number of benzene rings is 1. The van der Waals surface area contributed by atoms with Crippen LogP contribution in [0, 0.1) is 11.2 Å². The number of carbonyl (C=O) groups excluding carboxylic acids is 1. The Kier molecular flexibility index (Phi) is 7.08. The number of amides is 1. The maximum atomic E-state index is 12.8. The summed E-state index contributed by atoms with van der Waals surface area (Å²) in [7, 11) is 1.69. The van der Waals surface area contributed by atoms with Gasteiger partial charge < -0.3 is 15.4 Å². The van der Waals surface area contributed by atoms with Gasteiger partial charge >= 0.3 is 0 Å². The predicted molar refractivity (Wildman–Crippen MR) is 82.4 cm³/mol. The van der Waals surface area contributed by atoms with E-state index >= 15 is 0 Å². The van der Waals surface area contributed by atoms with Crippen LogP contribution in [0.4, 0.5) is 4.39 Å². The van der Waals surface area contributed by atoms with Gasteiger partial charge in [-0.1, -0.05) is 0 Å². The molecule has 0 aliphatic carbocycles. The fraction of sp³-hybridized carbons (Fsp3) is 0.533. The van der Waals surface area contributed by atoms with E-state index in [1.807, 2.05) is 0 Å². The molecule has 0 bridgehead atoms. The lowest BCUT2D eigenvalue weighted by Crippen LogP contribution is -2.47. The standard InChI is InChI=1S/C15H21FN2O2.ClH/c1-20-11-15(6-8-17-9-7-15)10-18-14(19)12-2-4-13(16)5-3-12;/h2-5,17H,6-11H2,1H3,(H,18,19);1H. The highest BCUT2D eigenvalue weighted by molar-refractivity contribution is 5.94. The van der Waals surface area contributed by atoms with Crippen LogP contribution in [-0.4, -0.2) is 39.3 Å². The summed E-state index contributed by atoms with van der Waals surface area (Å²) < 4.78 is 18.1. The van der Waals surface area contributed by atoms with Crippen molar-refractivity contribution in [2.45, 2.75) is 12.8 Å². The van der Waals surface area contributed by atoms with Crippen LogP contribution in [0.1, 0.15) is 23.2 Å². The zero-order valence-corrected chi connectivity index (χ0v) is 13.0. The zero-order valence-electron chi connectivity index (χ0n) is 12.2. The van der Waals surface area contributed by atoms with Crippen molar-refractivity contribution in [2.75, 3.05) is 33.4 Å². The lowest BCUT2D eigenvalue weighted by atomic mass is 9.79. The van der Waals surface area contributed by atoms with Crippen LogP contribution < -0.4 is 10.6 Å². The highest BCUT2D eigenvalue weighted by Gasteiger charge is 2.32. The van der Waals surface area contributed by atoms with Crippen molar-refractivity contribution in [1.82, 2.24) is 10.6 Å². The normalized spacial score (nSPS) is 16.9. The summed E-state index contributed by atoms with van der Waals surface area (Å²) in [4.78, 5) is 12.1. The molecule has 1 aliphatic heterocycles. The van der Waals surface area contributed by atoms with Gasteiger partial charge in [0.2, 0.25) is 0 Å². The van der Waals surface area contributed by atoms with Crippen molar-refractivity contribution in [1.29, 1.82) is 0 Å². The number of halogens is 2. The molecule has 0 atom stereocenters. The molecule has 1 aromatic rings. The summed E-state index contributed by atoms with van der Waals surface area (Å²) >= 11 is 0. The van der Waals surface area contributed by atoms with Crippen LogP contribution in [0.3, 0.4) is 0 Å². The molecule has 6 heteroatoms. The lowest BCUT2D eigenvalue weighted by molar-refractivity contribution is 0.0512. The quantitative estimate of drug-likeness (QED) is 0.873. The minimum absolute atomic E-state index is 0. The molecule has 0 saturated carbocycles. The average Bonchev–Trinajstić information content (AvgIpc) is 2.47. The molecule has 0 spiro atoms. The van der Waals surface area contributed by atoms with E-state index in [4.69, 9.17) is 4.74 Å². The molecule has 1 heterocycles. The molecule has 1 fully saturated rings. The van der Waals surface area contributed by atoms with Gasteiger partial charge in [-0.2, -0.15) is 0 Å². The highest BCUT2D eigenvalue weighted by Crippen LogP contribution is 2.28. The molecule has 0 radical (unpaired) electrons. The Balaban J connectivity index is 0.00000220. The van der Waals surface area contributed by atoms with E-state index in [0.717, 1.165) is 25.9 Å². The van der Waals surface area contributed by atoms with Gasteiger partial charge in [0.05, 0.1) is 6.61 Å². The van der Waals surface area contributed by atoms with Gasteiger partial charge in [0.15, 0.2) is 0 Å². The third kappa shape index (κ3) is 4.95. The van der Waals surface area contributed by atoms with Gasteiger partial charge in [0, 0.05) is 24.6 Å². The first-order valence-corrected chi connectivity index (χ1v) is 6.89. The van der Waals surface area contributed by atoms with Crippen LogP contribution in [0.25, 0.3) is 0 Å². The summed E-state index contributed by atoms with van der Waals surface area (Å²) in [5, 5.41) is 6.26. The Morgan fingerprint density at radius 3 is 2.52 bits per heavy atom. The Morgan fingerprint density at radius 2 is 1.95 bits per heavy atom. The number of carbonyl (C=O) groups is 1. The van der Waals surface area contributed by atoms with E-state index in [9.17, 15) is 9.18 Å². The van der Waals surface area contributed by atoms with Gasteiger partial charge in [-0.3, -0.25) is 4.79 Å². The lowest BCUT2D eigenvalue weighted by Gasteiger charge is -2.37. The van der Waals surface area contributed by atoms with E-state index in [1.165, 1.54) is 24.3 Å². The molecular weight excluding hydrogens is 295 g/mol. The number of hydrogen-bond acceptors (Lipinski definition) is 3. The second-order valence-corrected chi connectivity index (χ2v) is 5.37. The van der Waals surface area contributed by atoms with E-state index < -0.39 is 0 Å². The van der Waals surface area contributed by atoms with Gasteiger partial charge in [-0.15, -0.1) is 12.4 Å². The minimum Gasteiger partial charge on any atom is -0.384 e. The minimum atomic E-state index is -0.337. The summed E-state index contributed by atoms with van der Waals surface area (Å²) in [6.45, 7) is 3.10. The maximum Gasteiger partial charge on any atom is 0.251 e. The second kappa shape index (κ2) is 8.32. The third-order valence-electron chi connectivity index (χ3n) is 3.85. The fourth-order valence-corrected chi connectivity index (χ4v) is 2.61. The molecule has 0 aromatic heterocycles. The van der Waals surface area contributed by atoms with Crippen molar-refractivity contribution in [3.8, 4) is 0 Å². The van der Waals surface area contributed by atoms with Crippen molar-refractivity contribution in [3.05, 3.63) is 35.6 Å². The van der Waals surface area contributed by atoms with Gasteiger partial charge in [0.25, 0.3) is 5.91 Å². The zero-order chi connectivity index (χ0) is 14.4. The Morgan fingerprint density at radius 1 is 1.33 bits per heavy atom. The first-order valence-electron chi connectivity index (χ1n) is 6.89. The molecule has 1 aliphatic rings. The van der Waals surface area contributed by atoms with Crippen LogP contribution in [-0.2, 0) is 4.74 Å². The fourth-order valence-electron chi connectivity index (χ4n) is 2.61. The van der Waals surface area contributed by atoms with Crippen molar-refractivity contribution >= 4 is 18.3 Å². The molecule has 1 saturated heterocycles. The smallest absolute Gasteiger partial charge is 0.251 e. The van der Waals surface area contributed by atoms with Crippen molar-refractivity contribution in [3.63, 3.8) is 0 Å². The first kappa shape index (κ1) is 17.9. The van der Waals surface area contributed by atoms with Crippen LogP contribution in [0.5, 0.6) is 0 Å². The maximum absolute atomic E-state index is 12.8. The van der Waals surface area contributed by atoms with Gasteiger partial charge in [-0.05, 0) is 50.2 Å². The van der Waals surface area contributed by atoms with E-state index in [0.29, 0.717) is 18.7 Å². The number of methoxy groups -OCH3 is 1. The SMILES string of the molecule is COCC1(CNC(=O)c2ccc(F)cc2)CCNCC1.Cl. The monoisotopic (exact) mass is 316 g/mol. The molecule has 2 rings (SSSR count). The highest BCUT2D eigenvalue weighted by atomic mass is 35.5. The topological polar surface area (TPSA) is 50.4 Å². The number of ether oxygens (including phenoxy) is 1. The molecule has 4 nitrogen and oxygen atoms in total. The largest absolute Gasteiger partial charge is 0.384 e. The first-order chi connectivity index (χ1) is 9.65. The summed E-state index contributed by atoms with van der Waals surface area (Å²) in [6.07, 6.45) is 1.95. The number of hydrogen-bond donors (Lipinski definition) is 2. The van der Waals surface area contributed by atoms with Crippen LogP contribution >= 0.6 is 12.4 Å². The molecule has 1 aromatic carbocycles. The molecule has 21 heavy (non-hydrogen) atoms. The molecular formula is C15H22ClFN2O2. The number of nitrogens with one attached hydrogen (secondary N) is 2. The number of piperidine rings is 1. The predicted octanol–water partition coefficient (Wildman–Crippen LogP) is 1.99. The summed E-state index contributed by atoms with van der Waals surface area (Å²) in [5.74, 6) is -0.505. The molecule has 0 unspecified atom stereocenters. The molecule has 118 valence electrons. The summed E-state index contributed by atoms with van der Waals surface area (Å²) in [6, 6.07) is 5.58. The Hall–Kier alpha value is -1.17. The second-order valence-electron chi connectivity index (χ2n) is 5.37.